The molecule has 18 heavy (non-hydrogen) atoms. The molecule has 2 rings (SSSR count). The number of nitrogens with one attached hydrogen (secondary N) is 1. The Morgan fingerprint density at radius 3 is 2.78 bits per heavy atom. The van der Waals surface area contributed by atoms with Gasteiger partial charge in [-0.1, -0.05) is 0 Å². The van der Waals surface area contributed by atoms with Crippen molar-refractivity contribution in [2.24, 2.45) is 5.92 Å². The van der Waals surface area contributed by atoms with E-state index in [0.29, 0.717) is 10.4 Å². The van der Waals surface area contributed by atoms with Crippen LogP contribution in [0.5, 0.6) is 0 Å². The highest BCUT2D eigenvalue weighted by Crippen LogP contribution is 2.22. The van der Waals surface area contributed by atoms with Crippen LogP contribution in [0.2, 0.25) is 0 Å². The van der Waals surface area contributed by atoms with Crippen LogP contribution in [-0.2, 0) is 4.74 Å². The largest absolute Gasteiger partial charge is 0.478 e. The second kappa shape index (κ2) is 6.20. The number of benzene rings is 1. The Hall–Kier alpha value is -1.07. The van der Waals surface area contributed by atoms with Gasteiger partial charge in [-0.2, -0.15) is 0 Å². The van der Waals surface area contributed by atoms with Crippen molar-refractivity contribution in [2.45, 2.75) is 12.8 Å². The summed E-state index contributed by atoms with van der Waals surface area (Å²) in [5, 5.41) is 12.3. The standard InChI is InChI=1S/C13H16BrNO3/c14-12-7-10(1-2-11(12)13(16)17)15-8-9-3-5-18-6-4-9/h1-2,7,9,15H,3-6,8H2,(H,16,17). The number of rotatable bonds is 4. The number of aromatic carboxylic acids is 1. The van der Waals surface area contributed by atoms with Crippen LogP contribution in [0.25, 0.3) is 0 Å². The lowest BCUT2D eigenvalue weighted by molar-refractivity contribution is 0.0693. The molecule has 1 aliphatic rings. The minimum atomic E-state index is -0.919. The molecule has 1 aromatic carbocycles. The van der Waals surface area contributed by atoms with Crippen molar-refractivity contribution in [3.05, 3.63) is 28.2 Å². The fourth-order valence-electron chi connectivity index (χ4n) is 2.01. The van der Waals surface area contributed by atoms with E-state index in [-0.39, 0.29) is 5.56 Å². The molecule has 0 radical (unpaired) electrons. The van der Waals surface area contributed by atoms with Gasteiger partial charge in [0.2, 0.25) is 0 Å². The van der Waals surface area contributed by atoms with E-state index in [1.54, 1.807) is 12.1 Å². The zero-order valence-corrected chi connectivity index (χ0v) is 11.6. The van der Waals surface area contributed by atoms with Gasteiger partial charge >= 0.3 is 5.97 Å². The zero-order valence-electron chi connectivity index (χ0n) is 9.99. The summed E-state index contributed by atoms with van der Waals surface area (Å²) >= 11 is 3.27. The maximum Gasteiger partial charge on any atom is 0.336 e. The first-order chi connectivity index (χ1) is 8.66. The fourth-order valence-corrected chi connectivity index (χ4v) is 2.56. The van der Waals surface area contributed by atoms with E-state index in [1.165, 1.54) is 0 Å². The van der Waals surface area contributed by atoms with Gasteiger partial charge in [-0.15, -0.1) is 0 Å². The molecule has 0 unspecified atom stereocenters. The van der Waals surface area contributed by atoms with Crippen LogP contribution in [0.3, 0.4) is 0 Å². The first kappa shape index (κ1) is 13.4. The summed E-state index contributed by atoms with van der Waals surface area (Å²) in [4.78, 5) is 10.9. The van der Waals surface area contributed by atoms with Crippen molar-refractivity contribution in [3.8, 4) is 0 Å². The lowest BCUT2D eigenvalue weighted by Gasteiger charge is -2.22. The van der Waals surface area contributed by atoms with Crippen LogP contribution >= 0.6 is 15.9 Å². The second-order valence-electron chi connectivity index (χ2n) is 4.44. The molecular formula is C13H16BrNO3. The summed E-state index contributed by atoms with van der Waals surface area (Å²) < 4.78 is 5.92. The predicted molar refractivity (Wildman–Crippen MR) is 73.1 cm³/mol. The van der Waals surface area contributed by atoms with Gasteiger partial charge in [-0.3, -0.25) is 0 Å². The minimum Gasteiger partial charge on any atom is -0.478 e. The third kappa shape index (κ3) is 3.46. The quantitative estimate of drug-likeness (QED) is 0.897. The lowest BCUT2D eigenvalue weighted by atomic mass is 10.0. The summed E-state index contributed by atoms with van der Waals surface area (Å²) in [5.74, 6) is -0.283. The topological polar surface area (TPSA) is 58.6 Å². The molecule has 1 aromatic rings. The Morgan fingerprint density at radius 1 is 1.44 bits per heavy atom. The molecule has 0 saturated carbocycles. The molecule has 0 atom stereocenters. The summed E-state index contributed by atoms with van der Waals surface area (Å²) in [6.45, 7) is 2.59. The molecular weight excluding hydrogens is 298 g/mol. The number of carboxylic acid groups (broad SMARTS) is 1. The Morgan fingerprint density at radius 2 is 2.17 bits per heavy atom. The average molecular weight is 314 g/mol. The third-order valence-electron chi connectivity index (χ3n) is 3.14. The van der Waals surface area contributed by atoms with Crippen LogP contribution in [-0.4, -0.2) is 30.8 Å². The molecule has 1 heterocycles. The molecule has 4 nitrogen and oxygen atoms in total. The van der Waals surface area contributed by atoms with Crippen LogP contribution in [0.1, 0.15) is 23.2 Å². The molecule has 1 aliphatic heterocycles. The Kier molecular flexibility index (Phi) is 4.60. The Balaban J connectivity index is 1.93. The maximum atomic E-state index is 10.9. The van der Waals surface area contributed by atoms with Gasteiger partial charge in [0.15, 0.2) is 0 Å². The smallest absolute Gasteiger partial charge is 0.336 e. The summed E-state index contributed by atoms with van der Waals surface area (Å²) in [6.07, 6.45) is 2.17. The molecule has 5 heteroatoms. The van der Waals surface area contributed by atoms with E-state index < -0.39 is 5.97 Å². The Labute approximate surface area is 114 Å². The van der Waals surface area contributed by atoms with E-state index in [0.717, 1.165) is 38.3 Å². The van der Waals surface area contributed by atoms with E-state index in [1.807, 2.05) is 6.07 Å². The van der Waals surface area contributed by atoms with Crippen molar-refractivity contribution in [1.29, 1.82) is 0 Å². The average Bonchev–Trinajstić information content (AvgIpc) is 2.37. The predicted octanol–water partition coefficient (Wildman–Crippen LogP) is 2.99. The molecule has 1 saturated heterocycles. The molecule has 98 valence electrons. The summed E-state index contributed by atoms with van der Waals surface area (Å²) in [5.41, 5.74) is 1.23. The minimum absolute atomic E-state index is 0.284. The number of ether oxygens (including phenoxy) is 1. The fraction of sp³-hybridized carbons (Fsp3) is 0.462. The van der Waals surface area contributed by atoms with Gasteiger partial charge < -0.3 is 15.2 Å². The molecule has 0 amide bonds. The molecule has 2 N–H and O–H groups in total. The molecule has 0 aromatic heterocycles. The van der Waals surface area contributed by atoms with Crippen molar-refractivity contribution >= 4 is 27.6 Å². The van der Waals surface area contributed by atoms with Crippen molar-refractivity contribution < 1.29 is 14.6 Å². The highest BCUT2D eigenvalue weighted by atomic mass is 79.9. The highest BCUT2D eigenvalue weighted by molar-refractivity contribution is 9.10. The number of carbonyl (C=O) groups is 1. The molecule has 0 aliphatic carbocycles. The van der Waals surface area contributed by atoms with Crippen molar-refractivity contribution in [1.82, 2.24) is 0 Å². The maximum absolute atomic E-state index is 10.9. The summed E-state index contributed by atoms with van der Waals surface area (Å²) in [7, 11) is 0. The van der Waals surface area contributed by atoms with Gasteiger partial charge in [0.05, 0.1) is 5.56 Å². The number of hydrogen-bond donors (Lipinski definition) is 2. The number of anilines is 1. The number of hydrogen-bond acceptors (Lipinski definition) is 3. The van der Waals surface area contributed by atoms with Gasteiger partial charge in [0.25, 0.3) is 0 Å². The van der Waals surface area contributed by atoms with Crippen LogP contribution in [0.4, 0.5) is 5.69 Å². The van der Waals surface area contributed by atoms with Crippen LogP contribution in [0.15, 0.2) is 22.7 Å². The van der Waals surface area contributed by atoms with Crippen LogP contribution < -0.4 is 5.32 Å². The normalized spacial score (nSPS) is 16.5. The van der Waals surface area contributed by atoms with E-state index in [9.17, 15) is 4.79 Å². The molecule has 0 spiro atoms. The van der Waals surface area contributed by atoms with Crippen molar-refractivity contribution in [3.63, 3.8) is 0 Å². The van der Waals surface area contributed by atoms with E-state index in [2.05, 4.69) is 21.2 Å². The first-order valence-electron chi connectivity index (χ1n) is 6.01. The zero-order chi connectivity index (χ0) is 13.0. The van der Waals surface area contributed by atoms with Gasteiger partial charge in [-0.25, -0.2) is 4.79 Å². The molecule has 0 bridgehead atoms. The van der Waals surface area contributed by atoms with Gasteiger partial charge in [-0.05, 0) is 52.9 Å². The Bertz CT molecular complexity index is 430. The monoisotopic (exact) mass is 313 g/mol. The van der Waals surface area contributed by atoms with Gasteiger partial charge in [0.1, 0.15) is 0 Å². The lowest BCUT2D eigenvalue weighted by Crippen LogP contribution is -2.22. The van der Waals surface area contributed by atoms with E-state index in [4.69, 9.17) is 9.84 Å². The van der Waals surface area contributed by atoms with Crippen molar-refractivity contribution in [2.75, 3.05) is 25.1 Å². The molecule has 1 fully saturated rings. The number of halogens is 1. The first-order valence-corrected chi connectivity index (χ1v) is 6.80. The number of carboxylic acids is 1. The highest BCUT2D eigenvalue weighted by Gasteiger charge is 2.14. The second-order valence-corrected chi connectivity index (χ2v) is 5.29. The van der Waals surface area contributed by atoms with Gasteiger partial charge in [0, 0.05) is 29.9 Å². The van der Waals surface area contributed by atoms with E-state index >= 15 is 0 Å². The summed E-state index contributed by atoms with van der Waals surface area (Å²) in [6, 6.07) is 5.22. The SMILES string of the molecule is O=C(O)c1ccc(NCC2CCOCC2)cc1Br. The van der Waals surface area contributed by atoms with Crippen LogP contribution in [0, 0.1) is 5.92 Å². The third-order valence-corrected chi connectivity index (χ3v) is 3.79.